The smallest absolute Gasteiger partial charge is 0.0239 e. The van der Waals surface area contributed by atoms with Crippen LogP contribution in [-0.2, 0) is 0 Å². The van der Waals surface area contributed by atoms with E-state index in [1.165, 1.54) is 6.42 Å². The molecular formula is C11H22. The summed E-state index contributed by atoms with van der Waals surface area (Å²) in [5.41, 5.74) is 0. The largest absolute Gasteiger partial charge is 0.0854 e. The topological polar surface area (TPSA) is 0 Å². The van der Waals surface area contributed by atoms with Crippen LogP contribution in [0.15, 0.2) is 12.2 Å². The van der Waals surface area contributed by atoms with Gasteiger partial charge in [0.15, 0.2) is 0 Å². The first kappa shape index (κ1) is 10.7. The average molecular weight is 154 g/mol. The van der Waals surface area contributed by atoms with Crippen molar-refractivity contribution in [3.63, 3.8) is 0 Å². The quantitative estimate of drug-likeness (QED) is 0.539. The second kappa shape index (κ2) is 5.40. The molecule has 0 radical (unpaired) electrons. The van der Waals surface area contributed by atoms with Crippen LogP contribution in [-0.4, -0.2) is 0 Å². The van der Waals surface area contributed by atoms with E-state index in [1.807, 2.05) is 0 Å². The second-order valence-electron chi connectivity index (χ2n) is 3.87. The van der Waals surface area contributed by atoms with Gasteiger partial charge in [-0.3, -0.25) is 0 Å². The number of allylic oxidation sites excluding steroid dienone is 2. The highest BCUT2D eigenvalue weighted by atomic mass is 14.1. The first-order valence-electron chi connectivity index (χ1n) is 4.76. The van der Waals surface area contributed by atoms with Crippen LogP contribution in [0.5, 0.6) is 0 Å². The van der Waals surface area contributed by atoms with Gasteiger partial charge in [0, 0.05) is 0 Å². The predicted molar refractivity (Wildman–Crippen MR) is 52.6 cm³/mol. The van der Waals surface area contributed by atoms with Crippen molar-refractivity contribution in [3.8, 4) is 0 Å². The molecule has 0 amide bonds. The Kier molecular flexibility index (Phi) is 5.27. The summed E-state index contributed by atoms with van der Waals surface area (Å²) in [7, 11) is 0. The molecule has 0 saturated heterocycles. The van der Waals surface area contributed by atoms with Gasteiger partial charge in [-0.05, 0) is 17.8 Å². The normalized spacial score (nSPS) is 17.6. The molecule has 0 aliphatic carbocycles. The Hall–Kier alpha value is -0.260. The van der Waals surface area contributed by atoms with Crippen LogP contribution < -0.4 is 0 Å². The maximum absolute atomic E-state index is 2.35. The van der Waals surface area contributed by atoms with Gasteiger partial charge in [-0.15, -0.1) is 0 Å². The van der Waals surface area contributed by atoms with Gasteiger partial charge in [0.05, 0.1) is 0 Å². The van der Waals surface area contributed by atoms with E-state index in [-0.39, 0.29) is 0 Å². The molecule has 0 rings (SSSR count). The van der Waals surface area contributed by atoms with Gasteiger partial charge in [0.2, 0.25) is 0 Å². The van der Waals surface area contributed by atoms with Gasteiger partial charge >= 0.3 is 0 Å². The van der Waals surface area contributed by atoms with Crippen LogP contribution in [0.2, 0.25) is 0 Å². The van der Waals surface area contributed by atoms with Gasteiger partial charge in [-0.25, -0.2) is 0 Å². The molecule has 0 heteroatoms. The molecule has 11 heavy (non-hydrogen) atoms. The van der Waals surface area contributed by atoms with Crippen molar-refractivity contribution in [2.24, 2.45) is 17.8 Å². The average Bonchev–Trinajstić information content (AvgIpc) is 1.99. The first-order valence-corrected chi connectivity index (χ1v) is 4.76. The summed E-state index contributed by atoms with van der Waals surface area (Å²) in [6, 6.07) is 0. The number of hydrogen-bond acceptors (Lipinski definition) is 0. The van der Waals surface area contributed by atoms with E-state index in [0.717, 1.165) is 17.8 Å². The fourth-order valence-electron chi connectivity index (χ4n) is 0.723. The minimum Gasteiger partial charge on any atom is -0.0854 e. The van der Waals surface area contributed by atoms with Gasteiger partial charge in [-0.2, -0.15) is 0 Å². The van der Waals surface area contributed by atoms with Crippen LogP contribution in [0.25, 0.3) is 0 Å². The molecule has 0 heterocycles. The summed E-state index contributed by atoms with van der Waals surface area (Å²) in [5.74, 6) is 2.25. The van der Waals surface area contributed by atoms with Gasteiger partial charge in [0.1, 0.15) is 0 Å². The lowest BCUT2D eigenvalue weighted by Gasteiger charge is -2.10. The first-order chi connectivity index (χ1) is 5.07. The lowest BCUT2D eigenvalue weighted by atomic mass is 9.96. The summed E-state index contributed by atoms with van der Waals surface area (Å²) in [5, 5.41) is 0. The number of rotatable bonds is 4. The van der Waals surface area contributed by atoms with Gasteiger partial charge < -0.3 is 0 Å². The fraction of sp³-hybridized carbons (Fsp3) is 0.818. The lowest BCUT2D eigenvalue weighted by Crippen LogP contribution is -2.00. The SMILES string of the molecule is CC[C@H](C)/C=C/[C@@H](C)C(C)C. The minimum absolute atomic E-state index is 0.726. The minimum atomic E-state index is 0.726. The van der Waals surface area contributed by atoms with E-state index >= 15 is 0 Å². The molecule has 2 atom stereocenters. The van der Waals surface area contributed by atoms with Gasteiger partial charge in [-0.1, -0.05) is 53.2 Å². The third-order valence-electron chi connectivity index (χ3n) is 2.44. The molecule has 0 aromatic carbocycles. The Labute approximate surface area is 71.7 Å². The van der Waals surface area contributed by atoms with E-state index < -0.39 is 0 Å². The highest BCUT2D eigenvalue weighted by Gasteiger charge is 2.01. The van der Waals surface area contributed by atoms with Crippen molar-refractivity contribution >= 4 is 0 Å². The zero-order chi connectivity index (χ0) is 8.85. The maximum Gasteiger partial charge on any atom is -0.0239 e. The molecule has 0 fully saturated rings. The Morgan fingerprint density at radius 2 is 1.55 bits per heavy atom. The molecule has 0 nitrogen and oxygen atoms in total. The van der Waals surface area contributed by atoms with Crippen LogP contribution in [0.3, 0.4) is 0 Å². The second-order valence-corrected chi connectivity index (χ2v) is 3.87. The molecule has 66 valence electrons. The summed E-state index contributed by atoms with van der Waals surface area (Å²) < 4.78 is 0. The molecule has 0 unspecified atom stereocenters. The van der Waals surface area contributed by atoms with Crippen LogP contribution >= 0.6 is 0 Å². The summed E-state index contributed by atoms with van der Waals surface area (Å²) in [6.45, 7) is 11.3. The standard InChI is InChI=1S/C11H22/c1-6-10(4)7-8-11(5)9(2)3/h7-11H,6H2,1-5H3/b8-7+/t10-,11+/m0/s1. The van der Waals surface area contributed by atoms with E-state index in [9.17, 15) is 0 Å². The van der Waals surface area contributed by atoms with E-state index in [1.54, 1.807) is 0 Å². The zero-order valence-electron chi connectivity index (χ0n) is 8.59. The van der Waals surface area contributed by atoms with E-state index in [4.69, 9.17) is 0 Å². The molecule has 0 saturated carbocycles. The Balaban J connectivity index is 3.72. The Bertz CT molecular complexity index is 111. The zero-order valence-corrected chi connectivity index (χ0v) is 8.59. The highest BCUT2D eigenvalue weighted by Crippen LogP contribution is 2.13. The third-order valence-corrected chi connectivity index (χ3v) is 2.44. The summed E-state index contributed by atoms with van der Waals surface area (Å²) in [6.07, 6.45) is 5.94. The summed E-state index contributed by atoms with van der Waals surface area (Å²) >= 11 is 0. The van der Waals surface area contributed by atoms with E-state index in [0.29, 0.717) is 0 Å². The van der Waals surface area contributed by atoms with E-state index in [2.05, 4.69) is 46.8 Å². The molecule has 0 aliphatic heterocycles. The van der Waals surface area contributed by atoms with Crippen molar-refractivity contribution in [1.29, 1.82) is 0 Å². The molecule has 0 aliphatic rings. The summed E-state index contributed by atoms with van der Waals surface area (Å²) in [4.78, 5) is 0. The van der Waals surface area contributed by atoms with Crippen molar-refractivity contribution in [2.45, 2.75) is 41.0 Å². The molecule has 0 spiro atoms. The molecular weight excluding hydrogens is 132 g/mol. The Morgan fingerprint density at radius 3 is 1.91 bits per heavy atom. The fourth-order valence-corrected chi connectivity index (χ4v) is 0.723. The molecule has 0 aromatic heterocycles. The maximum atomic E-state index is 2.35. The van der Waals surface area contributed by atoms with Crippen molar-refractivity contribution in [3.05, 3.63) is 12.2 Å². The lowest BCUT2D eigenvalue weighted by molar-refractivity contribution is 0.500. The number of hydrogen-bond donors (Lipinski definition) is 0. The Morgan fingerprint density at radius 1 is 1.00 bits per heavy atom. The van der Waals surface area contributed by atoms with Gasteiger partial charge in [0.25, 0.3) is 0 Å². The molecule has 0 N–H and O–H groups in total. The van der Waals surface area contributed by atoms with Crippen molar-refractivity contribution in [2.75, 3.05) is 0 Å². The van der Waals surface area contributed by atoms with Crippen LogP contribution in [0.4, 0.5) is 0 Å². The highest BCUT2D eigenvalue weighted by molar-refractivity contribution is 4.90. The monoisotopic (exact) mass is 154 g/mol. The van der Waals surface area contributed by atoms with Crippen LogP contribution in [0, 0.1) is 17.8 Å². The molecule has 0 bridgehead atoms. The third kappa shape index (κ3) is 5.06. The predicted octanol–water partition coefficient (Wildman–Crippen LogP) is 3.88. The van der Waals surface area contributed by atoms with Crippen LogP contribution in [0.1, 0.15) is 41.0 Å². The van der Waals surface area contributed by atoms with Crippen molar-refractivity contribution < 1.29 is 0 Å². The molecule has 0 aromatic rings. The van der Waals surface area contributed by atoms with Crippen molar-refractivity contribution in [1.82, 2.24) is 0 Å².